The van der Waals surface area contributed by atoms with Crippen LogP contribution >= 0.6 is 0 Å². The molecule has 0 spiro atoms. The highest BCUT2D eigenvalue weighted by atomic mass is 27.2. The van der Waals surface area contributed by atoms with Gasteiger partial charge < -0.3 is 4.84 Å². The summed E-state index contributed by atoms with van der Waals surface area (Å²) in [5.74, 6) is 6.92. The van der Waals surface area contributed by atoms with Crippen molar-refractivity contribution in [2.45, 2.75) is 17.4 Å². The monoisotopic (exact) mass is 133 g/mol. The Morgan fingerprint density at radius 2 is 1.38 bits per heavy atom. The van der Waals surface area contributed by atoms with Gasteiger partial charge in [-0.3, -0.25) is 0 Å². The smallest absolute Gasteiger partial charge is 0.251 e. The Balaban J connectivity index is 0. The molecule has 50 valence electrons. The molecule has 0 bridgehead atoms. The minimum Gasteiger partial charge on any atom is -0.305 e. The van der Waals surface area contributed by atoms with Gasteiger partial charge in [0.2, 0.25) is 0 Å². The van der Waals surface area contributed by atoms with Crippen LogP contribution in [0.15, 0.2) is 0 Å². The molecular formula is C5H16AlNO. The first-order chi connectivity index (χ1) is 3.65. The number of hydrogen-bond donors (Lipinski definition) is 1. The molecule has 0 amide bonds. The van der Waals surface area contributed by atoms with Crippen LogP contribution in [0.3, 0.4) is 0 Å². The topological polar surface area (TPSA) is 21.3 Å². The van der Waals surface area contributed by atoms with E-state index in [-0.39, 0.29) is 14.1 Å². The Hall–Kier alpha value is 0.452. The normalized spacial score (nSPS) is 7.12. The van der Waals surface area contributed by atoms with E-state index in [0.29, 0.717) is 0 Å². The lowest BCUT2D eigenvalue weighted by atomic mass is 11.5. The molecule has 0 aliphatic heterocycles. The van der Waals surface area contributed by atoms with Crippen LogP contribution in [0.2, 0.25) is 17.4 Å². The molecule has 0 aliphatic carbocycles. The largest absolute Gasteiger partial charge is 0.305 e. The molecule has 1 N–H and O–H groups in total. The molecule has 0 aromatic rings. The summed E-state index contributed by atoms with van der Waals surface area (Å²) in [6.45, 7) is 0. The molecule has 0 aromatic heterocycles. The second kappa shape index (κ2) is 10.4. The van der Waals surface area contributed by atoms with Gasteiger partial charge in [0.25, 0.3) is 14.1 Å². The quantitative estimate of drug-likeness (QED) is 0.428. The standard InChI is InChI=1S/C2H7NO.3CH3.Al/c1-3-4-2;;;;/h3H,1-2H3;3*1H3;. The van der Waals surface area contributed by atoms with Gasteiger partial charge in [0.15, 0.2) is 0 Å². The van der Waals surface area contributed by atoms with Crippen LogP contribution in [0, 0.1) is 0 Å². The fourth-order valence-corrected chi connectivity index (χ4v) is 0. The van der Waals surface area contributed by atoms with Gasteiger partial charge >= 0.3 is 0 Å². The molecule has 0 saturated heterocycles. The maximum Gasteiger partial charge on any atom is 0.251 e. The van der Waals surface area contributed by atoms with Crippen LogP contribution in [0.25, 0.3) is 0 Å². The third-order valence-electron chi connectivity index (χ3n) is 0.204. The Labute approximate surface area is 56.6 Å². The van der Waals surface area contributed by atoms with Crippen molar-refractivity contribution in [3.63, 3.8) is 0 Å². The summed E-state index contributed by atoms with van der Waals surface area (Å²) in [4.78, 5) is 4.29. The minimum atomic E-state index is -0.139. The van der Waals surface area contributed by atoms with Gasteiger partial charge in [0, 0.05) is 7.05 Å². The first kappa shape index (κ1) is 11.3. The van der Waals surface area contributed by atoms with Crippen molar-refractivity contribution in [3.8, 4) is 0 Å². The van der Waals surface area contributed by atoms with E-state index >= 15 is 0 Å². The van der Waals surface area contributed by atoms with Crippen molar-refractivity contribution in [3.05, 3.63) is 0 Å². The second-order valence-corrected chi connectivity index (χ2v) is 5.60. The fraction of sp³-hybridized carbons (Fsp3) is 1.00. The molecular weight excluding hydrogens is 117 g/mol. The zero-order chi connectivity index (χ0) is 6.99. The first-order valence-corrected chi connectivity index (χ1v) is 6.31. The van der Waals surface area contributed by atoms with Gasteiger partial charge in [-0.15, -0.1) is 17.4 Å². The molecule has 3 heteroatoms. The Morgan fingerprint density at radius 3 is 1.38 bits per heavy atom. The molecule has 0 aliphatic rings. The summed E-state index contributed by atoms with van der Waals surface area (Å²) in [5.41, 5.74) is 2.43. The molecule has 0 heterocycles. The van der Waals surface area contributed by atoms with Crippen LogP contribution < -0.4 is 5.48 Å². The highest BCUT2D eigenvalue weighted by Gasteiger charge is 1.81. The molecule has 0 atom stereocenters. The van der Waals surface area contributed by atoms with Gasteiger partial charge in [-0.1, -0.05) is 0 Å². The van der Waals surface area contributed by atoms with Crippen molar-refractivity contribution in [1.29, 1.82) is 0 Å². The first-order valence-electron chi connectivity index (χ1n) is 2.84. The molecule has 0 fully saturated rings. The average Bonchev–Trinajstić information content (AvgIpc) is 1.65. The third-order valence-corrected chi connectivity index (χ3v) is 0.204. The van der Waals surface area contributed by atoms with Crippen molar-refractivity contribution >= 4 is 14.1 Å². The van der Waals surface area contributed by atoms with Crippen LogP contribution in [0.4, 0.5) is 0 Å². The lowest BCUT2D eigenvalue weighted by Gasteiger charge is -1.80. The second-order valence-electron chi connectivity index (χ2n) is 2.14. The van der Waals surface area contributed by atoms with Crippen LogP contribution in [-0.2, 0) is 4.84 Å². The summed E-state index contributed by atoms with van der Waals surface area (Å²) < 4.78 is 0. The van der Waals surface area contributed by atoms with Crippen molar-refractivity contribution in [1.82, 2.24) is 5.48 Å². The number of nitrogens with one attached hydrogen (secondary N) is 1. The predicted molar refractivity (Wildman–Crippen MR) is 39.4 cm³/mol. The molecule has 0 saturated carbocycles. The fourth-order valence-electron chi connectivity index (χ4n) is 0. The Bertz CT molecular complexity index is 28.9. The van der Waals surface area contributed by atoms with E-state index < -0.39 is 0 Å². The van der Waals surface area contributed by atoms with Crippen LogP contribution in [0.1, 0.15) is 0 Å². The van der Waals surface area contributed by atoms with Gasteiger partial charge in [-0.25, -0.2) is 5.48 Å². The van der Waals surface area contributed by atoms with Gasteiger partial charge in [0.1, 0.15) is 0 Å². The molecule has 0 aromatic carbocycles. The maximum absolute atomic E-state index is 4.29. The number of rotatable bonds is 1. The van der Waals surface area contributed by atoms with E-state index in [9.17, 15) is 0 Å². The van der Waals surface area contributed by atoms with Gasteiger partial charge in [0.05, 0.1) is 7.11 Å². The average molecular weight is 133 g/mol. The van der Waals surface area contributed by atoms with Crippen molar-refractivity contribution in [2.24, 2.45) is 0 Å². The van der Waals surface area contributed by atoms with E-state index in [4.69, 9.17) is 0 Å². The van der Waals surface area contributed by atoms with Crippen molar-refractivity contribution < 1.29 is 4.84 Å². The summed E-state index contributed by atoms with van der Waals surface area (Å²) in [6.07, 6.45) is 0. The highest BCUT2D eigenvalue weighted by Crippen LogP contribution is 1.68. The van der Waals surface area contributed by atoms with Gasteiger partial charge in [-0.05, 0) is 0 Å². The third kappa shape index (κ3) is 90.9. The Kier molecular flexibility index (Phi) is 14.7. The van der Waals surface area contributed by atoms with Crippen LogP contribution in [0.5, 0.6) is 0 Å². The maximum atomic E-state index is 4.29. The van der Waals surface area contributed by atoms with Gasteiger partial charge in [-0.2, -0.15) is 0 Å². The molecule has 0 radical (unpaired) electrons. The van der Waals surface area contributed by atoms with E-state index in [0.717, 1.165) is 0 Å². The molecule has 8 heavy (non-hydrogen) atoms. The minimum absolute atomic E-state index is 0.139. The zero-order valence-electron chi connectivity index (χ0n) is 6.49. The Morgan fingerprint density at radius 1 is 1.25 bits per heavy atom. The summed E-state index contributed by atoms with van der Waals surface area (Å²) in [7, 11) is 3.28. The van der Waals surface area contributed by atoms with E-state index in [1.54, 1.807) is 14.2 Å². The summed E-state index contributed by atoms with van der Waals surface area (Å²) in [5, 5.41) is 0. The van der Waals surface area contributed by atoms with E-state index in [2.05, 4.69) is 27.7 Å². The lowest BCUT2D eigenvalue weighted by molar-refractivity contribution is 0.112. The van der Waals surface area contributed by atoms with E-state index in [1.165, 1.54) is 0 Å². The summed E-state index contributed by atoms with van der Waals surface area (Å²) in [6, 6.07) is 0. The molecule has 0 unspecified atom stereocenters. The van der Waals surface area contributed by atoms with E-state index in [1.807, 2.05) is 0 Å². The number of hydrogen-bond acceptors (Lipinski definition) is 2. The lowest BCUT2D eigenvalue weighted by Crippen LogP contribution is -2.00. The highest BCUT2D eigenvalue weighted by molar-refractivity contribution is 6.54. The zero-order valence-corrected chi connectivity index (χ0v) is 7.64. The van der Waals surface area contributed by atoms with Crippen molar-refractivity contribution in [2.75, 3.05) is 14.2 Å². The molecule has 2 nitrogen and oxygen atoms in total. The summed E-state index contributed by atoms with van der Waals surface area (Å²) >= 11 is -0.139. The van der Waals surface area contributed by atoms with Crippen LogP contribution in [-0.4, -0.2) is 28.3 Å². The predicted octanol–water partition coefficient (Wildman–Crippen LogP) is 1.14. The molecule has 0 rings (SSSR count). The SMILES string of the molecule is CNOC.[CH3][Al]([CH3])[CH3]. The number of hydroxylamine groups is 1.